The number of amides is 1. The molecule has 0 aliphatic rings. The van der Waals surface area contributed by atoms with Crippen molar-refractivity contribution in [1.82, 2.24) is 19.2 Å². The third-order valence-electron chi connectivity index (χ3n) is 4.10. The van der Waals surface area contributed by atoms with Crippen LogP contribution in [0.25, 0.3) is 5.65 Å². The first kappa shape index (κ1) is 18.8. The molecular formula is C20H17N5O3S. The number of rotatable bonds is 6. The fourth-order valence-corrected chi connectivity index (χ4v) is 3.64. The zero-order valence-corrected chi connectivity index (χ0v) is 16.3. The average Bonchev–Trinajstić information content (AvgIpc) is 3.06. The molecule has 0 aliphatic heterocycles. The second-order valence-corrected chi connectivity index (χ2v) is 7.09. The number of aromatic nitrogens is 4. The zero-order valence-electron chi connectivity index (χ0n) is 15.5. The van der Waals surface area contributed by atoms with E-state index >= 15 is 0 Å². The van der Waals surface area contributed by atoms with E-state index in [4.69, 9.17) is 4.74 Å². The van der Waals surface area contributed by atoms with Crippen molar-refractivity contribution in [1.29, 1.82) is 0 Å². The van der Waals surface area contributed by atoms with Gasteiger partial charge in [-0.05, 0) is 24.3 Å². The second kappa shape index (κ2) is 8.19. The van der Waals surface area contributed by atoms with Gasteiger partial charge in [0.15, 0.2) is 5.65 Å². The van der Waals surface area contributed by atoms with Crippen molar-refractivity contribution in [2.45, 2.75) is 16.5 Å². The molecule has 0 radical (unpaired) electrons. The van der Waals surface area contributed by atoms with Crippen LogP contribution in [0.5, 0.6) is 5.75 Å². The first-order valence-electron chi connectivity index (χ1n) is 8.75. The highest BCUT2D eigenvalue weighted by molar-refractivity contribution is 7.99. The van der Waals surface area contributed by atoms with Crippen LogP contribution in [0.1, 0.15) is 0 Å². The Balaban J connectivity index is 1.60. The van der Waals surface area contributed by atoms with Crippen LogP contribution < -0.4 is 15.7 Å². The van der Waals surface area contributed by atoms with Crippen LogP contribution in [0.3, 0.4) is 0 Å². The van der Waals surface area contributed by atoms with Crippen LogP contribution in [0, 0.1) is 0 Å². The molecule has 9 heteroatoms. The highest BCUT2D eigenvalue weighted by atomic mass is 32.2. The van der Waals surface area contributed by atoms with Gasteiger partial charge in [-0.1, -0.05) is 42.1 Å². The fraction of sp³-hybridized carbons (Fsp3) is 0.100. The third-order valence-corrected chi connectivity index (χ3v) is 5.09. The van der Waals surface area contributed by atoms with Crippen LogP contribution in [-0.4, -0.2) is 32.2 Å². The van der Waals surface area contributed by atoms with E-state index in [2.05, 4.69) is 15.4 Å². The molecule has 4 aromatic rings. The Morgan fingerprint density at radius 3 is 2.69 bits per heavy atom. The normalized spacial score (nSPS) is 10.8. The minimum absolute atomic E-state index is 0.228. The van der Waals surface area contributed by atoms with E-state index in [1.165, 1.54) is 29.5 Å². The van der Waals surface area contributed by atoms with Crippen molar-refractivity contribution in [3.63, 3.8) is 0 Å². The number of nitrogens with one attached hydrogen (secondary N) is 1. The van der Waals surface area contributed by atoms with Gasteiger partial charge in [-0.15, -0.1) is 5.10 Å². The topological polar surface area (TPSA) is 90.5 Å². The van der Waals surface area contributed by atoms with Crippen molar-refractivity contribution >= 4 is 29.0 Å². The number of anilines is 1. The van der Waals surface area contributed by atoms with Gasteiger partial charge in [0.25, 0.3) is 0 Å². The highest BCUT2D eigenvalue weighted by Crippen LogP contribution is 2.27. The number of hydrogen-bond donors (Lipinski definition) is 1. The number of para-hydroxylation sites is 2. The number of carbonyl (C=O) groups excluding carboxylic acids is 1. The zero-order chi connectivity index (χ0) is 20.2. The Kier molecular flexibility index (Phi) is 5.30. The molecule has 146 valence electrons. The summed E-state index contributed by atoms with van der Waals surface area (Å²) < 4.78 is 7.73. The summed E-state index contributed by atoms with van der Waals surface area (Å²) in [5.41, 5.74) is 0.516. The summed E-state index contributed by atoms with van der Waals surface area (Å²) in [6.07, 6.45) is 3.08. The predicted octanol–water partition coefficient (Wildman–Crippen LogP) is 2.69. The van der Waals surface area contributed by atoms with Crippen molar-refractivity contribution in [3.05, 3.63) is 77.5 Å². The molecule has 1 amide bonds. The summed E-state index contributed by atoms with van der Waals surface area (Å²) in [6, 6.07) is 16.7. The maximum absolute atomic E-state index is 12.7. The van der Waals surface area contributed by atoms with Gasteiger partial charge in [0.1, 0.15) is 17.3 Å². The lowest BCUT2D eigenvalue weighted by atomic mass is 10.3. The van der Waals surface area contributed by atoms with Gasteiger partial charge in [-0.3, -0.25) is 4.79 Å². The van der Waals surface area contributed by atoms with E-state index < -0.39 is 5.69 Å². The lowest BCUT2D eigenvalue weighted by molar-refractivity contribution is -0.117. The molecule has 0 atom stereocenters. The molecule has 2 heterocycles. The number of hydrogen-bond acceptors (Lipinski definition) is 6. The maximum atomic E-state index is 12.7. The Morgan fingerprint density at radius 1 is 1.14 bits per heavy atom. The van der Waals surface area contributed by atoms with Gasteiger partial charge in [-0.2, -0.15) is 0 Å². The molecule has 29 heavy (non-hydrogen) atoms. The summed E-state index contributed by atoms with van der Waals surface area (Å²) in [5.74, 6) is 0.152. The number of benzene rings is 2. The molecule has 0 aliphatic carbocycles. The minimum atomic E-state index is -0.410. The fourth-order valence-electron chi connectivity index (χ4n) is 2.77. The smallest absolute Gasteiger partial charge is 0.350 e. The van der Waals surface area contributed by atoms with E-state index in [1.54, 1.807) is 30.5 Å². The Hall–Kier alpha value is -3.59. The molecule has 0 fully saturated rings. The first-order chi connectivity index (χ1) is 14.2. The molecule has 0 spiro atoms. The van der Waals surface area contributed by atoms with Crippen molar-refractivity contribution in [3.8, 4) is 5.75 Å². The van der Waals surface area contributed by atoms with Gasteiger partial charge in [-0.25, -0.2) is 18.9 Å². The number of fused-ring (bicyclic) bond motifs is 1. The molecule has 0 bridgehead atoms. The van der Waals surface area contributed by atoms with Crippen LogP contribution in [0.15, 0.2) is 81.7 Å². The van der Waals surface area contributed by atoms with Gasteiger partial charge >= 0.3 is 5.69 Å². The third kappa shape index (κ3) is 3.99. The van der Waals surface area contributed by atoms with E-state index in [-0.39, 0.29) is 12.5 Å². The van der Waals surface area contributed by atoms with E-state index in [9.17, 15) is 9.59 Å². The monoisotopic (exact) mass is 407 g/mol. The molecule has 0 unspecified atom stereocenters. The lowest BCUT2D eigenvalue weighted by Gasteiger charge is -2.09. The molecule has 2 aromatic heterocycles. The number of methoxy groups -OCH3 is 1. The van der Waals surface area contributed by atoms with Gasteiger partial charge < -0.3 is 10.1 Å². The average molecular weight is 407 g/mol. The summed E-state index contributed by atoms with van der Waals surface area (Å²) >= 11 is 1.40. The van der Waals surface area contributed by atoms with Crippen molar-refractivity contribution in [2.75, 3.05) is 12.4 Å². The molecule has 2 aromatic carbocycles. The van der Waals surface area contributed by atoms with Gasteiger partial charge in [0.2, 0.25) is 5.91 Å². The molecule has 8 nitrogen and oxygen atoms in total. The summed E-state index contributed by atoms with van der Waals surface area (Å²) in [6.45, 7) is -0.228. The van der Waals surface area contributed by atoms with E-state index in [1.807, 2.05) is 30.3 Å². The second-order valence-electron chi connectivity index (χ2n) is 6.03. The number of ether oxygens (including phenoxy) is 1. The SMILES string of the molecule is COc1ccccc1NC(=O)Cn1nc2c(Sc3ccccc3)nccn2c1=O. The summed E-state index contributed by atoms with van der Waals surface area (Å²) in [4.78, 5) is 30.4. The van der Waals surface area contributed by atoms with Crippen molar-refractivity contribution < 1.29 is 9.53 Å². The molecular weight excluding hydrogens is 390 g/mol. The Labute approximate surface area is 170 Å². The largest absolute Gasteiger partial charge is 0.495 e. The van der Waals surface area contributed by atoms with Gasteiger partial charge in [0, 0.05) is 17.3 Å². The lowest BCUT2D eigenvalue weighted by Crippen LogP contribution is -2.28. The predicted molar refractivity (Wildman–Crippen MR) is 109 cm³/mol. The highest BCUT2D eigenvalue weighted by Gasteiger charge is 2.15. The number of nitrogens with zero attached hydrogens (tertiary/aromatic N) is 4. The van der Waals surface area contributed by atoms with Crippen LogP contribution in [-0.2, 0) is 11.3 Å². The van der Waals surface area contributed by atoms with Crippen molar-refractivity contribution in [2.24, 2.45) is 0 Å². The molecule has 0 saturated carbocycles. The van der Waals surface area contributed by atoms with E-state index in [0.717, 1.165) is 9.58 Å². The van der Waals surface area contributed by atoms with Crippen LogP contribution >= 0.6 is 11.8 Å². The molecule has 0 saturated heterocycles. The quantitative estimate of drug-likeness (QED) is 0.529. The van der Waals surface area contributed by atoms with E-state index in [0.29, 0.717) is 22.1 Å². The van der Waals surface area contributed by atoms with Crippen LogP contribution in [0.2, 0.25) is 0 Å². The summed E-state index contributed by atoms with van der Waals surface area (Å²) in [5, 5.41) is 7.65. The molecule has 1 N–H and O–H groups in total. The Morgan fingerprint density at radius 2 is 1.90 bits per heavy atom. The summed E-state index contributed by atoms with van der Waals surface area (Å²) in [7, 11) is 1.52. The minimum Gasteiger partial charge on any atom is -0.495 e. The standard InChI is InChI=1S/C20H17N5O3S/c1-28-16-10-6-5-9-15(16)22-17(26)13-25-20(27)24-12-11-21-19(18(24)23-25)29-14-7-3-2-4-8-14/h2-12H,13H2,1H3,(H,22,26). The maximum Gasteiger partial charge on any atom is 0.350 e. The van der Waals surface area contributed by atoms with Gasteiger partial charge in [0.05, 0.1) is 12.8 Å². The first-order valence-corrected chi connectivity index (χ1v) is 9.57. The van der Waals surface area contributed by atoms with Crippen LogP contribution in [0.4, 0.5) is 5.69 Å². The molecule has 4 rings (SSSR count). The number of carbonyl (C=O) groups is 1. The Bertz CT molecular complexity index is 1220.